The van der Waals surface area contributed by atoms with Crippen molar-refractivity contribution in [3.8, 4) is 5.75 Å². The number of hydrogen-bond acceptors (Lipinski definition) is 4. The van der Waals surface area contributed by atoms with E-state index in [0.29, 0.717) is 52.8 Å². The first-order valence-corrected chi connectivity index (χ1v) is 13.3. The third-order valence-corrected chi connectivity index (χ3v) is 7.31. The van der Waals surface area contributed by atoms with Crippen molar-refractivity contribution in [2.75, 3.05) is 18.0 Å². The summed E-state index contributed by atoms with van der Waals surface area (Å²) < 4.78 is 57.9. The molecule has 5 rings (SSSR count). The predicted molar refractivity (Wildman–Crippen MR) is 152 cm³/mol. The van der Waals surface area contributed by atoms with Gasteiger partial charge in [0.2, 0.25) is 0 Å². The molecule has 2 aromatic heterocycles. The van der Waals surface area contributed by atoms with E-state index < -0.39 is 6.36 Å². The van der Waals surface area contributed by atoms with Gasteiger partial charge in [-0.25, -0.2) is 9.37 Å². The lowest BCUT2D eigenvalue weighted by Gasteiger charge is -2.34. The van der Waals surface area contributed by atoms with Gasteiger partial charge in [-0.15, -0.1) is 25.6 Å². The van der Waals surface area contributed by atoms with Crippen molar-refractivity contribution in [2.45, 2.75) is 45.0 Å². The summed E-state index contributed by atoms with van der Waals surface area (Å²) in [6, 6.07) is 14.3. The maximum Gasteiger partial charge on any atom is 0.573 e. The Morgan fingerprint density at radius 1 is 1.10 bits per heavy atom. The molecule has 0 saturated carbocycles. The van der Waals surface area contributed by atoms with Gasteiger partial charge in [-0.2, -0.15) is 0 Å². The zero-order chi connectivity index (χ0) is 28.4. The number of carbonyl (C=O) groups is 1. The molecule has 0 aliphatic carbocycles. The summed E-state index contributed by atoms with van der Waals surface area (Å²) in [5.41, 5.74) is 3.71. The number of aryl methyl sites for hydroxylation is 1. The maximum absolute atomic E-state index is 15.1. The Morgan fingerprint density at radius 2 is 1.80 bits per heavy atom. The van der Waals surface area contributed by atoms with Crippen LogP contribution in [0.5, 0.6) is 5.75 Å². The van der Waals surface area contributed by atoms with Crippen molar-refractivity contribution in [3.05, 3.63) is 94.1 Å². The number of carbonyl (C=O) groups excluding carboxylic acids is 1. The molecule has 12 heteroatoms. The summed E-state index contributed by atoms with van der Waals surface area (Å²) in [4.78, 5) is 19.5. The average Bonchev–Trinajstić information content (AvgIpc) is 3.29. The highest BCUT2D eigenvalue weighted by atomic mass is 35.5. The van der Waals surface area contributed by atoms with Crippen LogP contribution in [-0.4, -0.2) is 34.7 Å². The molecule has 0 bridgehead atoms. The summed E-state index contributed by atoms with van der Waals surface area (Å²) in [5, 5.41) is 3.34. The molecule has 6 nitrogen and oxygen atoms in total. The Morgan fingerprint density at radius 3 is 2.44 bits per heavy atom. The van der Waals surface area contributed by atoms with Crippen molar-refractivity contribution in [1.82, 2.24) is 14.7 Å². The highest BCUT2D eigenvalue weighted by molar-refractivity contribution is 6.30. The van der Waals surface area contributed by atoms with Gasteiger partial charge in [-0.05, 0) is 72.7 Å². The molecule has 0 unspecified atom stereocenters. The fourth-order valence-electron chi connectivity index (χ4n) is 5.13. The molecule has 0 atom stereocenters. The van der Waals surface area contributed by atoms with Gasteiger partial charge >= 0.3 is 6.36 Å². The quantitative estimate of drug-likeness (QED) is 0.223. The monoisotopic (exact) mass is 610 g/mol. The van der Waals surface area contributed by atoms with Gasteiger partial charge in [-0.3, -0.25) is 9.20 Å². The number of rotatable bonds is 7. The van der Waals surface area contributed by atoms with E-state index in [4.69, 9.17) is 11.6 Å². The Balaban J connectivity index is 0.00000387. The molecule has 0 spiro atoms. The average molecular weight is 611 g/mol. The minimum Gasteiger partial charge on any atom is -0.406 e. The van der Waals surface area contributed by atoms with E-state index in [-0.39, 0.29) is 42.3 Å². The van der Waals surface area contributed by atoms with Crippen LogP contribution in [-0.2, 0) is 13.0 Å². The van der Waals surface area contributed by atoms with Gasteiger partial charge < -0.3 is 15.0 Å². The summed E-state index contributed by atoms with van der Waals surface area (Å²) in [6.07, 6.45) is -1.03. The van der Waals surface area contributed by atoms with Crippen LogP contribution < -0.4 is 15.0 Å². The van der Waals surface area contributed by atoms with Crippen LogP contribution in [0.15, 0.2) is 60.8 Å². The molecular formula is C29H28Cl2F4N4O2. The molecule has 1 aliphatic rings. The lowest BCUT2D eigenvalue weighted by molar-refractivity contribution is -0.274. The summed E-state index contributed by atoms with van der Waals surface area (Å²) in [7, 11) is 0. The zero-order valence-electron chi connectivity index (χ0n) is 22.0. The highest BCUT2D eigenvalue weighted by Crippen LogP contribution is 2.33. The number of pyridine rings is 1. The first-order chi connectivity index (χ1) is 19.1. The van der Waals surface area contributed by atoms with E-state index in [9.17, 15) is 18.0 Å². The van der Waals surface area contributed by atoms with Crippen molar-refractivity contribution in [3.63, 3.8) is 0 Å². The predicted octanol–water partition coefficient (Wildman–Crippen LogP) is 7.32. The third kappa shape index (κ3) is 7.05. The number of hydrogen-bond donors (Lipinski definition) is 1. The van der Waals surface area contributed by atoms with Crippen molar-refractivity contribution in [1.29, 1.82) is 0 Å². The molecule has 2 aromatic carbocycles. The van der Waals surface area contributed by atoms with Crippen molar-refractivity contribution >= 4 is 41.2 Å². The van der Waals surface area contributed by atoms with Crippen LogP contribution >= 0.6 is 24.0 Å². The topological polar surface area (TPSA) is 58.9 Å². The van der Waals surface area contributed by atoms with Gasteiger partial charge in [0, 0.05) is 25.8 Å². The second-order valence-electron chi connectivity index (χ2n) is 9.68. The molecule has 1 N–H and O–H groups in total. The van der Waals surface area contributed by atoms with Crippen LogP contribution in [0.2, 0.25) is 5.02 Å². The number of benzene rings is 2. The van der Waals surface area contributed by atoms with Gasteiger partial charge in [0.25, 0.3) is 5.91 Å². The number of nitrogens with zero attached hydrogens (tertiary/aromatic N) is 3. The van der Waals surface area contributed by atoms with E-state index in [1.165, 1.54) is 18.2 Å². The molecule has 218 valence electrons. The smallest absolute Gasteiger partial charge is 0.406 e. The zero-order valence-corrected chi connectivity index (χ0v) is 23.6. The molecule has 1 fully saturated rings. The van der Waals surface area contributed by atoms with Gasteiger partial charge in [-0.1, -0.05) is 36.7 Å². The number of amides is 1. The Hall–Kier alpha value is -3.50. The summed E-state index contributed by atoms with van der Waals surface area (Å²) in [6.45, 7) is 3.27. The van der Waals surface area contributed by atoms with E-state index in [2.05, 4.69) is 15.0 Å². The van der Waals surface area contributed by atoms with E-state index in [0.717, 1.165) is 18.4 Å². The Labute approximate surface area is 245 Å². The summed E-state index contributed by atoms with van der Waals surface area (Å²) >= 11 is 6.12. The van der Waals surface area contributed by atoms with Crippen LogP contribution in [0, 0.1) is 5.82 Å². The number of anilines is 1. The number of nitrogens with one attached hydrogen (secondary N) is 1. The maximum atomic E-state index is 15.1. The fraction of sp³-hybridized carbons (Fsp3) is 0.310. The van der Waals surface area contributed by atoms with E-state index >= 15 is 4.39 Å². The fourth-order valence-corrected chi connectivity index (χ4v) is 5.29. The number of alkyl halides is 3. The number of piperidine rings is 1. The molecule has 41 heavy (non-hydrogen) atoms. The number of ether oxygens (including phenoxy) is 1. The minimum absolute atomic E-state index is 0. The number of halogens is 6. The number of fused-ring (bicyclic) bond motifs is 1. The van der Waals surface area contributed by atoms with E-state index in [1.54, 1.807) is 47.0 Å². The van der Waals surface area contributed by atoms with Crippen LogP contribution in [0.25, 0.3) is 5.65 Å². The second kappa shape index (κ2) is 12.6. The number of imidazole rings is 1. The molecule has 0 radical (unpaired) electrons. The lowest BCUT2D eigenvalue weighted by atomic mass is 9.89. The van der Waals surface area contributed by atoms with Crippen molar-refractivity contribution < 1.29 is 27.1 Å². The SMILES string of the molecule is CCc1nc2ccc(Cl)cn2c1C(=O)NCc1ccc(N2CCC(c3ccc(OC(F)(F)F)cc3)CC2)c(F)c1.Cl. The minimum atomic E-state index is -4.72. The van der Waals surface area contributed by atoms with Gasteiger partial charge in [0.05, 0.1) is 16.4 Å². The molecule has 1 saturated heterocycles. The largest absolute Gasteiger partial charge is 0.573 e. The first kappa shape index (κ1) is 30.5. The highest BCUT2D eigenvalue weighted by Gasteiger charge is 2.31. The molecule has 1 amide bonds. The Bertz CT molecular complexity index is 1520. The second-order valence-corrected chi connectivity index (χ2v) is 10.1. The third-order valence-electron chi connectivity index (χ3n) is 7.09. The van der Waals surface area contributed by atoms with Gasteiger partial charge in [0.15, 0.2) is 0 Å². The van der Waals surface area contributed by atoms with Crippen molar-refractivity contribution in [2.24, 2.45) is 0 Å². The van der Waals surface area contributed by atoms with Crippen LogP contribution in [0.4, 0.5) is 23.2 Å². The molecule has 3 heterocycles. The molecule has 1 aliphatic heterocycles. The van der Waals surface area contributed by atoms with Gasteiger partial charge in [0.1, 0.15) is 22.9 Å². The molecular weight excluding hydrogens is 583 g/mol. The molecule has 4 aromatic rings. The van der Waals surface area contributed by atoms with E-state index in [1.807, 2.05) is 11.8 Å². The van der Waals surface area contributed by atoms with Crippen LogP contribution in [0.1, 0.15) is 53.0 Å². The summed E-state index contributed by atoms with van der Waals surface area (Å²) in [5.74, 6) is -0.789. The lowest BCUT2D eigenvalue weighted by Crippen LogP contribution is -2.33. The van der Waals surface area contributed by atoms with Crippen LogP contribution in [0.3, 0.4) is 0 Å². The normalized spacial score (nSPS) is 14.1. The standard InChI is InChI=1S/C29H27ClF4N4O2.ClH/c1-2-24-27(38-17-21(30)6-10-26(38)36-24)28(39)35-16-18-3-9-25(23(31)15-18)37-13-11-20(12-14-37)19-4-7-22(8-5-19)40-29(32,33)34;/h3-10,15,17,20H,2,11-14,16H2,1H3,(H,35,39);1H. The Kier molecular flexibility index (Phi) is 9.34. The first-order valence-electron chi connectivity index (χ1n) is 12.9. The number of aromatic nitrogens is 2.